The predicted octanol–water partition coefficient (Wildman–Crippen LogP) is 3.70. The van der Waals surface area contributed by atoms with Crippen molar-refractivity contribution in [1.29, 1.82) is 0 Å². The number of hydrogen-bond acceptors (Lipinski definition) is 2. The van der Waals surface area contributed by atoms with Crippen molar-refractivity contribution in [2.75, 3.05) is 5.32 Å². The lowest BCUT2D eigenvalue weighted by molar-refractivity contribution is 0.251. The molecule has 4 nitrogen and oxygen atoms in total. The average Bonchev–Trinajstić information content (AvgIpc) is 2.53. The van der Waals surface area contributed by atoms with Gasteiger partial charge in [0.1, 0.15) is 5.82 Å². The number of nitrogens with one attached hydrogen (secondary N) is 2. The van der Waals surface area contributed by atoms with Gasteiger partial charge in [-0.2, -0.15) is 0 Å². The van der Waals surface area contributed by atoms with Crippen LogP contribution in [0.2, 0.25) is 0 Å². The monoisotopic (exact) mass is 295 g/mol. The van der Waals surface area contributed by atoms with Gasteiger partial charge in [0.05, 0.1) is 11.2 Å². The van der Waals surface area contributed by atoms with Gasteiger partial charge in [-0.15, -0.1) is 0 Å². The Labute approximate surface area is 127 Å². The second kappa shape index (κ2) is 6.22. The topological polar surface area (TPSA) is 54.0 Å². The number of para-hydroxylation sites is 1. The fourth-order valence-electron chi connectivity index (χ4n) is 2.20. The number of pyridine rings is 1. The van der Waals surface area contributed by atoms with Crippen LogP contribution in [0.25, 0.3) is 10.9 Å². The quantitative estimate of drug-likeness (QED) is 0.774. The molecule has 0 aliphatic rings. The highest BCUT2D eigenvalue weighted by Crippen LogP contribution is 2.20. The summed E-state index contributed by atoms with van der Waals surface area (Å²) in [7, 11) is 0. The SMILES string of the molecule is O=C(NCc1cccc(F)c1)Nc1cccc2cccnc12. The molecular weight excluding hydrogens is 281 g/mol. The van der Waals surface area contributed by atoms with E-state index in [1.165, 1.54) is 12.1 Å². The summed E-state index contributed by atoms with van der Waals surface area (Å²) < 4.78 is 13.1. The van der Waals surface area contributed by atoms with E-state index < -0.39 is 0 Å². The second-order valence-electron chi connectivity index (χ2n) is 4.82. The Kier molecular flexibility index (Phi) is 3.96. The summed E-state index contributed by atoms with van der Waals surface area (Å²) in [6.07, 6.45) is 1.68. The maximum Gasteiger partial charge on any atom is 0.319 e. The highest BCUT2D eigenvalue weighted by molar-refractivity contribution is 5.99. The van der Waals surface area contributed by atoms with E-state index in [0.29, 0.717) is 11.3 Å². The molecule has 1 heterocycles. The molecular formula is C17H14FN3O. The van der Waals surface area contributed by atoms with Crippen molar-refractivity contribution in [3.05, 3.63) is 72.2 Å². The van der Waals surface area contributed by atoms with Gasteiger partial charge in [0.25, 0.3) is 0 Å². The number of nitrogens with zero attached hydrogens (tertiary/aromatic N) is 1. The third-order valence-electron chi connectivity index (χ3n) is 3.22. The van der Waals surface area contributed by atoms with Crippen molar-refractivity contribution >= 4 is 22.6 Å². The minimum atomic E-state index is -0.359. The molecule has 2 N–H and O–H groups in total. The number of anilines is 1. The highest BCUT2D eigenvalue weighted by Gasteiger charge is 2.06. The van der Waals surface area contributed by atoms with Gasteiger partial charge in [-0.05, 0) is 29.8 Å². The zero-order valence-electron chi connectivity index (χ0n) is 11.7. The Morgan fingerprint density at radius 3 is 2.77 bits per heavy atom. The molecule has 0 saturated heterocycles. The van der Waals surface area contributed by atoms with E-state index >= 15 is 0 Å². The van der Waals surface area contributed by atoms with Crippen molar-refractivity contribution in [2.24, 2.45) is 0 Å². The van der Waals surface area contributed by atoms with Crippen LogP contribution in [0.1, 0.15) is 5.56 Å². The molecule has 3 aromatic rings. The van der Waals surface area contributed by atoms with Gasteiger partial charge >= 0.3 is 6.03 Å². The van der Waals surface area contributed by atoms with Gasteiger partial charge in [-0.25, -0.2) is 9.18 Å². The number of rotatable bonds is 3. The number of carbonyl (C=O) groups is 1. The molecule has 0 aliphatic carbocycles. The summed E-state index contributed by atoms with van der Waals surface area (Å²) in [6, 6.07) is 15.1. The molecule has 2 aromatic carbocycles. The van der Waals surface area contributed by atoms with Crippen LogP contribution in [-0.4, -0.2) is 11.0 Å². The lowest BCUT2D eigenvalue weighted by Gasteiger charge is -2.09. The lowest BCUT2D eigenvalue weighted by Crippen LogP contribution is -2.28. The first-order valence-corrected chi connectivity index (χ1v) is 6.85. The molecule has 0 saturated carbocycles. The van der Waals surface area contributed by atoms with Gasteiger partial charge in [-0.3, -0.25) is 4.98 Å². The molecule has 0 radical (unpaired) electrons. The minimum Gasteiger partial charge on any atom is -0.334 e. The third kappa shape index (κ3) is 3.20. The molecule has 110 valence electrons. The number of hydrogen-bond donors (Lipinski definition) is 2. The smallest absolute Gasteiger partial charge is 0.319 e. The molecule has 22 heavy (non-hydrogen) atoms. The number of amides is 2. The largest absolute Gasteiger partial charge is 0.334 e. The van der Waals surface area contributed by atoms with Crippen LogP contribution < -0.4 is 10.6 Å². The van der Waals surface area contributed by atoms with E-state index in [2.05, 4.69) is 15.6 Å². The number of benzene rings is 2. The van der Waals surface area contributed by atoms with E-state index in [0.717, 1.165) is 10.9 Å². The molecule has 0 bridgehead atoms. The standard InChI is InChI=1S/C17H14FN3O/c18-14-7-1-4-12(10-14)11-20-17(22)21-15-8-2-5-13-6-3-9-19-16(13)15/h1-10H,11H2,(H2,20,21,22). The molecule has 0 spiro atoms. The lowest BCUT2D eigenvalue weighted by atomic mass is 10.2. The Bertz CT molecular complexity index is 814. The summed E-state index contributed by atoms with van der Waals surface area (Å²) in [5.41, 5.74) is 2.06. The van der Waals surface area contributed by atoms with Crippen LogP contribution in [0.5, 0.6) is 0 Å². The number of halogens is 1. The maximum absolute atomic E-state index is 13.1. The zero-order chi connectivity index (χ0) is 15.4. The van der Waals surface area contributed by atoms with E-state index in [1.807, 2.05) is 24.3 Å². The molecule has 0 fully saturated rings. The van der Waals surface area contributed by atoms with Gasteiger partial charge < -0.3 is 10.6 Å². The summed E-state index contributed by atoms with van der Waals surface area (Å²) in [5.74, 6) is -0.321. The first-order valence-electron chi connectivity index (χ1n) is 6.85. The molecule has 1 aromatic heterocycles. The highest BCUT2D eigenvalue weighted by atomic mass is 19.1. The van der Waals surface area contributed by atoms with Crippen LogP contribution in [0, 0.1) is 5.82 Å². The van der Waals surface area contributed by atoms with Gasteiger partial charge in [-0.1, -0.05) is 30.3 Å². The summed E-state index contributed by atoms with van der Waals surface area (Å²) in [4.78, 5) is 16.2. The van der Waals surface area contributed by atoms with Crippen LogP contribution in [0.4, 0.5) is 14.9 Å². The maximum atomic E-state index is 13.1. The van der Waals surface area contributed by atoms with Crippen molar-refractivity contribution in [3.8, 4) is 0 Å². The molecule has 3 rings (SSSR count). The average molecular weight is 295 g/mol. The fraction of sp³-hybridized carbons (Fsp3) is 0.0588. The van der Waals surface area contributed by atoms with E-state index in [4.69, 9.17) is 0 Å². The summed E-state index contributed by atoms with van der Waals surface area (Å²) in [6.45, 7) is 0.252. The number of aromatic nitrogens is 1. The van der Waals surface area contributed by atoms with Crippen LogP contribution in [0.15, 0.2) is 60.8 Å². The summed E-state index contributed by atoms with van der Waals surface area (Å²) in [5, 5.41) is 6.41. The Hall–Kier alpha value is -2.95. The zero-order valence-corrected chi connectivity index (χ0v) is 11.7. The van der Waals surface area contributed by atoms with E-state index in [1.54, 1.807) is 24.4 Å². The number of fused-ring (bicyclic) bond motifs is 1. The number of urea groups is 1. The third-order valence-corrected chi connectivity index (χ3v) is 3.22. The Morgan fingerprint density at radius 2 is 1.91 bits per heavy atom. The second-order valence-corrected chi connectivity index (χ2v) is 4.82. The Balaban J connectivity index is 1.68. The molecule has 2 amide bonds. The van der Waals surface area contributed by atoms with E-state index in [-0.39, 0.29) is 18.4 Å². The van der Waals surface area contributed by atoms with Crippen molar-refractivity contribution in [1.82, 2.24) is 10.3 Å². The van der Waals surface area contributed by atoms with Crippen molar-refractivity contribution in [2.45, 2.75) is 6.54 Å². The van der Waals surface area contributed by atoms with Gasteiger partial charge in [0, 0.05) is 18.1 Å². The molecule has 0 atom stereocenters. The van der Waals surface area contributed by atoms with E-state index in [9.17, 15) is 9.18 Å². The molecule has 0 unspecified atom stereocenters. The van der Waals surface area contributed by atoms with Gasteiger partial charge in [0.2, 0.25) is 0 Å². The van der Waals surface area contributed by atoms with Crippen molar-refractivity contribution < 1.29 is 9.18 Å². The first kappa shape index (κ1) is 14.0. The fourth-order valence-corrected chi connectivity index (χ4v) is 2.20. The predicted molar refractivity (Wildman–Crippen MR) is 84.0 cm³/mol. The van der Waals surface area contributed by atoms with Crippen molar-refractivity contribution in [3.63, 3.8) is 0 Å². The van der Waals surface area contributed by atoms with Crippen LogP contribution >= 0.6 is 0 Å². The first-order chi connectivity index (χ1) is 10.7. The minimum absolute atomic E-state index is 0.252. The van der Waals surface area contributed by atoms with Gasteiger partial charge in [0.15, 0.2) is 0 Å². The van der Waals surface area contributed by atoms with Crippen LogP contribution in [0.3, 0.4) is 0 Å². The molecule has 5 heteroatoms. The molecule has 0 aliphatic heterocycles. The number of carbonyl (C=O) groups excluding carboxylic acids is 1. The summed E-state index contributed by atoms with van der Waals surface area (Å²) >= 11 is 0. The normalized spacial score (nSPS) is 10.4. The van der Waals surface area contributed by atoms with Crippen LogP contribution in [-0.2, 0) is 6.54 Å². The Morgan fingerprint density at radius 1 is 1.09 bits per heavy atom.